The number of hydrogen-bond acceptors (Lipinski definition) is 3. The van der Waals surface area contributed by atoms with Crippen molar-refractivity contribution in [1.82, 2.24) is 4.90 Å². The lowest BCUT2D eigenvalue weighted by Crippen LogP contribution is -2.30. The third-order valence-corrected chi connectivity index (χ3v) is 3.59. The number of benzene rings is 1. The molecule has 4 heteroatoms. The molecular weight excluding hydrogens is 226 g/mol. The van der Waals surface area contributed by atoms with Gasteiger partial charge in [0.15, 0.2) is 0 Å². The van der Waals surface area contributed by atoms with Gasteiger partial charge in [-0.2, -0.15) is 0 Å². The van der Waals surface area contributed by atoms with Crippen molar-refractivity contribution in [2.45, 2.75) is 27.2 Å². The fourth-order valence-electron chi connectivity index (χ4n) is 2.43. The Morgan fingerprint density at radius 3 is 2.67 bits per heavy atom. The number of carbonyl (C=O) groups is 1. The number of nitrogens with two attached hydrogens (primary N) is 1. The number of aryl methyl sites for hydroxylation is 1. The van der Waals surface area contributed by atoms with Gasteiger partial charge in [-0.3, -0.25) is 10.6 Å². The number of nitrogens with one attached hydrogen (secondary N) is 1. The molecule has 1 amide bonds. The van der Waals surface area contributed by atoms with Crippen LogP contribution in [0, 0.1) is 12.3 Å². The summed E-state index contributed by atoms with van der Waals surface area (Å²) in [4.78, 5) is 14.3. The van der Waals surface area contributed by atoms with Crippen molar-refractivity contribution < 1.29 is 4.79 Å². The lowest BCUT2D eigenvalue weighted by atomic mass is 9.93. The summed E-state index contributed by atoms with van der Waals surface area (Å²) >= 11 is 0. The molecule has 1 fully saturated rings. The van der Waals surface area contributed by atoms with Crippen molar-refractivity contribution in [2.24, 2.45) is 11.3 Å². The Labute approximate surface area is 108 Å². The van der Waals surface area contributed by atoms with E-state index in [0.29, 0.717) is 0 Å². The normalized spacial score (nSPS) is 17.9. The van der Waals surface area contributed by atoms with E-state index in [1.165, 1.54) is 0 Å². The van der Waals surface area contributed by atoms with Crippen LogP contribution in [0.25, 0.3) is 0 Å². The SMILES string of the molecule is Cc1cc(C(=O)N2CCC(C)(C)C2)ccc1NN. The zero-order valence-electron chi connectivity index (χ0n) is 11.3. The third kappa shape index (κ3) is 2.48. The molecular formula is C14H21N3O. The van der Waals surface area contributed by atoms with Crippen LogP contribution < -0.4 is 11.3 Å². The fourth-order valence-corrected chi connectivity index (χ4v) is 2.43. The van der Waals surface area contributed by atoms with Crippen LogP contribution >= 0.6 is 0 Å². The smallest absolute Gasteiger partial charge is 0.253 e. The molecule has 0 saturated carbocycles. The molecule has 1 aromatic rings. The van der Waals surface area contributed by atoms with E-state index in [0.717, 1.165) is 36.3 Å². The second-order valence-electron chi connectivity index (χ2n) is 5.81. The molecule has 2 rings (SSSR count). The Bertz CT molecular complexity index is 468. The van der Waals surface area contributed by atoms with Gasteiger partial charge >= 0.3 is 0 Å². The second-order valence-corrected chi connectivity index (χ2v) is 5.81. The first-order valence-electron chi connectivity index (χ1n) is 6.29. The van der Waals surface area contributed by atoms with Gasteiger partial charge in [0, 0.05) is 18.7 Å². The van der Waals surface area contributed by atoms with Gasteiger partial charge in [0.25, 0.3) is 5.91 Å². The second kappa shape index (κ2) is 4.61. The van der Waals surface area contributed by atoms with E-state index < -0.39 is 0 Å². The molecule has 1 aliphatic heterocycles. The van der Waals surface area contributed by atoms with E-state index in [2.05, 4.69) is 19.3 Å². The molecule has 1 saturated heterocycles. The Morgan fingerprint density at radius 1 is 1.44 bits per heavy atom. The number of amides is 1. The first-order valence-corrected chi connectivity index (χ1v) is 6.29. The van der Waals surface area contributed by atoms with Gasteiger partial charge in [-0.05, 0) is 42.5 Å². The first-order chi connectivity index (χ1) is 8.43. The quantitative estimate of drug-likeness (QED) is 0.622. The number of likely N-dealkylation sites (tertiary alicyclic amines) is 1. The molecule has 1 heterocycles. The average Bonchev–Trinajstić information content (AvgIpc) is 2.68. The fraction of sp³-hybridized carbons (Fsp3) is 0.500. The Kier molecular flexibility index (Phi) is 3.30. The number of anilines is 1. The molecule has 3 N–H and O–H groups in total. The number of hydrogen-bond donors (Lipinski definition) is 2. The zero-order chi connectivity index (χ0) is 13.3. The highest BCUT2D eigenvalue weighted by Gasteiger charge is 2.32. The van der Waals surface area contributed by atoms with Gasteiger partial charge in [0.2, 0.25) is 0 Å². The first kappa shape index (κ1) is 12.9. The standard InChI is InChI=1S/C14H21N3O/c1-10-8-11(4-5-12(10)16-15)13(18)17-7-6-14(2,3)9-17/h4-5,8,16H,6-7,9,15H2,1-3H3. The molecule has 0 aromatic heterocycles. The number of rotatable bonds is 2. The summed E-state index contributed by atoms with van der Waals surface area (Å²) in [6.07, 6.45) is 1.07. The Hall–Kier alpha value is -1.55. The molecule has 1 aromatic carbocycles. The number of nitrogen functional groups attached to an aromatic ring is 1. The predicted molar refractivity (Wildman–Crippen MR) is 73.3 cm³/mol. The molecule has 0 radical (unpaired) electrons. The highest BCUT2D eigenvalue weighted by molar-refractivity contribution is 5.95. The minimum Gasteiger partial charge on any atom is -0.338 e. The van der Waals surface area contributed by atoms with Gasteiger partial charge in [0.1, 0.15) is 0 Å². The van der Waals surface area contributed by atoms with Crippen molar-refractivity contribution in [3.63, 3.8) is 0 Å². The van der Waals surface area contributed by atoms with E-state index >= 15 is 0 Å². The average molecular weight is 247 g/mol. The van der Waals surface area contributed by atoms with Crippen LogP contribution in [-0.4, -0.2) is 23.9 Å². The zero-order valence-corrected chi connectivity index (χ0v) is 11.3. The van der Waals surface area contributed by atoms with Gasteiger partial charge in [-0.1, -0.05) is 13.8 Å². The predicted octanol–water partition coefficient (Wildman–Crippen LogP) is 2.15. The highest BCUT2D eigenvalue weighted by Crippen LogP contribution is 2.30. The summed E-state index contributed by atoms with van der Waals surface area (Å²) in [5.74, 6) is 5.51. The topological polar surface area (TPSA) is 58.4 Å². The lowest BCUT2D eigenvalue weighted by Gasteiger charge is -2.20. The Balaban J connectivity index is 2.17. The van der Waals surface area contributed by atoms with Crippen LogP contribution in [0.3, 0.4) is 0 Å². The summed E-state index contributed by atoms with van der Waals surface area (Å²) in [5, 5.41) is 0. The Morgan fingerprint density at radius 2 is 2.17 bits per heavy atom. The molecule has 0 spiro atoms. The van der Waals surface area contributed by atoms with Crippen molar-refractivity contribution >= 4 is 11.6 Å². The van der Waals surface area contributed by atoms with Gasteiger partial charge < -0.3 is 10.3 Å². The largest absolute Gasteiger partial charge is 0.338 e. The van der Waals surface area contributed by atoms with Crippen LogP contribution in [0.5, 0.6) is 0 Å². The summed E-state index contributed by atoms with van der Waals surface area (Å²) in [5.41, 5.74) is 5.44. The molecule has 0 atom stereocenters. The van der Waals surface area contributed by atoms with E-state index in [4.69, 9.17) is 5.84 Å². The summed E-state index contributed by atoms with van der Waals surface area (Å²) in [6.45, 7) is 8.03. The number of hydrazine groups is 1. The van der Waals surface area contributed by atoms with Gasteiger partial charge in [-0.25, -0.2) is 0 Å². The van der Waals surface area contributed by atoms with E-state index in [1.54, 1.807) is 0 Å². The molecule has 0 bridgehead atoms. The summed E-state index contributed by atoms with van der Waals surface area (Å²) < 4.78 is 0. The van der Waals surface area contributed by atoms with Gasteiger partial charge in [-0.15, -0.1) is 0 Å². The van der Waals surface area contributed by atoms with Crippen LogP contribution in [0.4, 0.5) is 5.69 Å². The molecule has 0 aliphatic carbocycles. The van der Waals surface area contributed by atoms with Crippen LogP contribution in [0.2, 0.25) is 0 Å². The van der Waals surface area contributed by atoms with E-state index in [-0.39, 0.29) is 11.3 Å². The van der Waals surface area contributed by atoms with Gasteiger partial charge in [0.05, 0.1) is 5.69 Å². The van der Waals surface area contributed by atoms with Crippen molar-refractivity contribution in [2.75, 3.05) is 18.5 Å². The van der Waals surface area contributed by atoms with Crippen molar-refractivity contribution in [3.05, 3.63) is 29.3 Å². The van der Waals surface area contributed by atoms with E-state index in [1.807, 2.05) is 30.0 Å². The monoisotopic (exact) mass is 247 g/mol. The van der Waals surface area contributed by atoms with Crippen LogP contribution in [-0.2, 0) is 0 Å². The molecule has 1 aliphatic rings. The maximum Gasteiger partial charge on any atom is 0.253 e. The summed E-state index contributed by atoms with van der Waals surface area (Å²) in [7, 11) is 0. The van der Waals surface area contributed by atoms with Crippen LogP contribution in [0.1, 0.15) is 36.2 Å². The maximum atomic E-state index is 12.4. The summed E-state index contributed by atoms with van der Waals surface area (Å²) in [6, 6.07) is 5.57. The molecule has 0 unspecified atom stereocenters. The minimum absolute atomic E-state index is 0.118. The number of carbonyl (C=O) groups excluding carboxylic acids is 1. The van der Waals surface area contributed by atoms with E-state index in [9.17, 15) is 4.79 Å². The highest BCUT2D eigenvalue weighted by atomic mass is 16.2. The third-order valence-electron chi connectivity index (χ3n) is 3.59. The van der Waals surface area contributed by atoms with Crippen molar-refractivity contribution in [1.29, 1.82) is 0 Å². The molecule has 4 nitrogen and oxygen atoms in total. The van der Waals surface area contributed by atoms with Crippen molar-refractivity contribution in [3.8, 4) is 0 Å². The maximum absolute atomic E-state index is 12.4. The molecule has 98 valence electrons. The van der Waals surface area contributed by atoms with Crippen LogP contribution in [0.15, 0.2) is 18.2 Å². The lowest BCUT2D eigenvalue weighted by molar-refractivity contribution is 0.0778. The molecule has 18 heavy (non-hydrogen) atoms. The number of nitrogens with zero attached hydrogens (tertiary/aromatic N) is 1. The minimum atomic E-state index is 0.118.